The Hall–Kier alpha value is -0.850. The van der Waals surface area contributed by atoms with Gasteiger partial charge >= 0.3 is 0 Å². The fraction of sp³-hybridized carbons (Fsp3) is 0. The molecule has 6 heteroatoms. The molecule has 0 fully saturated rings. The van der Waals surface area contributed by atoms with Gasteiger partial charge < -0.3 is 5.32 Å². The highest BCUT2D eigenvalue weighted by molar-refractivity contribution is 9.11. The third-order valence-corrected chi connectivity index (χ3v) is 4.00. The molecule has 0 aliphatic rings. The predicted octanol–water partition coefficient (Wildman–Crippen LogP) is 4.89. The first-order valence-electron chi connectivity index (χ1n) is 5.23. The minimum atomic E-state index is -0.585. The summed E-state index contributed by atoms with van der Waals surface area (Å²) < 4.78 is 15.0. The lowest BCUT2D eigenvalue weighted by Crippen LogP contribution is -2.14. The fourth-order valence-corrected chi connectivity index (χ4v) is 2.89. The summed E-state index contributed by atoms with van der Waals surface area (Å²) >= 11 is 10.8. The van der Waals surface area contributed by atoms with Crippen molar-refractivity contribution in [3.63, 3.8) is 0 Å². The molecular weight excluding hydrogens is 397 g/mol. The second-order valence-electron chi connectivity index (χ2n) is 3.71. The van der Waals surface area contributed by atoms with Crippen LogP contribution in [0.3, 0.4) is 0 Å². The predicted molar refractivity (Wildman–Crippen MR) is 83.4 cm³/mol. The zero-order valence-corrected chi connectivity index (χ0v) is 13.5. The lowest BCUT2D eigenvalue weighted by molar-refractivity contribution is 0.102. The molecule has 19 heavy (non-hydrogen) atoms. The normalized spacial score (nSPS) is 10.3. The van der Waals surface area contributed by atoms with Crippen molar-refractivity contribution in [2.24, 2.45) is 0 Å². The lowest BCUT2D eigenvalue weighted by atomic mass is 10.2. The second kappa shape index (κ2) is 6.07. The van der Waals surface area contributed by atoms with Crippen LogP contribution in [0, 0.1) is 5.82 Å². The van der Waals surface area contributed by atoms with Gasteiger partial charge in [0, 0.05) is 13.8 Å². The van der Waals surface area contributed by atoms with E-state index in [4.69, 9.17) is 0 Å². The Balaban J connectivity index is 2.34. The molecule has 0 aromatic heterocycles. The van der Waals surface area contributed by atoms with Gasteiger partial charge in [0.1, 0.15) is 5.82 Å². The first kappa shape index (κ1) is 14.6. The Kier molecular flexibility index (Phi) is 4.65. The monoisotopic (exact) mass is 403 g/mol. The van der Waals surface area contributed by atoms with E-state index < -0.39 is 11.7 Å². The second-order valence-corrected chi connectivity index (χ2v) is 5.94. The Bertz CT molecular complexity index is 628. The van der Waals surface area contributed by atoms with Crippen LogP contribution in [0.5, 0.6) is 0 Å². The number of anilines is 1. The highest BCUT2D eigenvalue weighted by Crippen LogP contribution is 2.31. The molecule has 0 saturated carbocycles. The standard InChI is InChI=1S/C13H8Br2FNOS/c14-9-2-1-3-10(15)12(9)17-13(18)8-6-7(19)4-5-11(8)16/h1-6,19H,(H,17,18). The summed E-state index contributed by atoms with van der Waals surface area (Å²) in [6.45, 7) is 0. The van der Waals surface area contributed by atoms with Crippen LogP contribution in [0.25, 0.3) is 0 Å². The molecule has 0 atom stereocenters. The Morgan fingerprint density at radius 2 is 1.79 bits per heavy atom. The van der Waals surface area contributed by atoms with Gasteiger partial charge in [-0.2, -0.15) is 0 Å². The van der Waals surface area contributed by atoms with Crippen LogP contribution in [-0.2, 0) is 0 Å². The number of halogens is 3. The van der Waals surface area contributed by atoms with Crippen LogP contribution >= 0.6 is 44.5 Å². The van der Waals surface area contributed by atoms with E-state index in [0.29, 0.717) is 19.5 Å². The highest BCUT2D eigenvalue weighted by Gasteiger charge is 2.15. The Labute approximate surface area is 132 Å². The number of thiol groups is 1. The molecule has 0 aliphatic heterocycles. The van der Waals surface area contributed by atoms with Crippen LogP contribution < -0.4 is 5.32 Å². The molecule has 0 heterocycles. The summed E-state index contributed by atoms with van der Waals surface area (Å²) in [6.07, 6.45) is 0. The summed E-state index contributed by atoms with van der Waals surface area (Å²) in [5, 5.41) is 2.66. The van der Waals surface area contributed by atoms with E-state index in [2.05, 4.69) is 49.8 Å². The zero-order chi connectivity index (χ0) is 14.0. The molecule has 2 rings (SSSR count). The van der Waals surface area contributed by atoms with Crippen molar-refractivity contribution < 1.29 is 9.18 Å². The number of carbonyl (C=O) groups is 1. The summed E-state index contributed by atoms with van der Waals surface area (Å²) in [5.41, 5.74) is 0.506. The van der Waals surface area contributed by atoms with Gasteiger partial charge in [0.25, 0.3) is 5.91 Å². The van der Waals surface area contributed by atoms with Crippen LogP contribution in [0.4, 0.5) is 10.1 Å². The smallest absolute Gasteiger partial charge is 0.258 e. The SMILES string of the molecule is O=C(Nc1c(Br)cccc1Br)c1cc(S)ccc1F. The molecule has 0 unspecified atom stereocenters. The van der Waals surface area contributed by atoms with Crippen molar-refractivity contribution in [2.75, 3.05) is 5.32 Å². The minimum absolute atomic E-state index is 0.0462. The van der Waals surface area contributed by atoms with Crippen molar-refractivity contribution in [2.45, 2.75) is 4.90 Å². The van der Waals surface area contributed by atoms with E-state index >= 15 is 0 Å². The molecular formula is C13H8Br2FNOS. The number of hydrogen-bond donors (Lipinski definition) is 2. The van der Waals surface area contributed by atoms with Gasteiger partial charge in [0.05, 0.1) is 11.3 Å². The summed E-state index contributed by atoms with van der Waals surface area (Å²) in [6, 6.07) is 9.48. The van der Waals surface area contributed by atoms with Gasteiger partial charge in [-0.15, -0.1) is 12.6 Å². The fourth-order valence-electron chi connectivity index (χ4n) is 1.49. The van der Waals surface area contributed by atoms with E-state index in [1.807, 2.05) is 6.07 Å². The maximum Gasteiger partial charge on any atom is 0.258 e. The number of carbonyl (C=O) groups excluding carboxylic acids is 1. The van der Waals surface area contributed by atoms with Gasteiger partial charge in [-0.1, -0.05) is 6.07 Å². The maximum absolute atomic E-state index is 13.6. The number of rotatable bonds is 2. The van der Waals surface area contributed by atoms with Crippen molar-refractivity contribution in [1.82, 2.24) is 0 Å². The summed E-state index contributed by atoms with van der Waals surface area (Å²) in [4.78, 5) is 12.6. The average Bonchev–Trinajstić information content (AvgIpc) is 2.37. The van der Waals surface area contributed by atoms with Crippen LogP contribution in [0.15, 0.2) is 50.2 Å². The van der Waals surface area contributed by atoms with Crippen LogP contribution in [0.1, 0.15) is 10.4 Å². The van der Waals surface area contributed by atoms with Gasteiger partial charge in [0.2, 0.25) is 0 Å². The topological polar surface area (TPSA) is 29.1 Å². The maximum atomic E-state index is 13.6. The largest absolute Gasteiger partial charge is 0.320 e. The molecule has 2 aromatic rings. The first-order chi connectivity index (χ1) is 8.99. The van der Waals surface area contributed by atoms with Crippen molar-refractivity contribution in [3.8, 4) is 0 Å². The summed E-state index contributed by atoms with van der Waals surface area (Å²) in [5.74, 6) is -1.11. The van der Waals surface area contributed by atoms with Gasteiger partial charge in [0.15, 0.2) is 0 Å². The van der Waals surface area contributed by atoms with Gasteiger partial charge in [-0.3, -0.25) is 4.79 Å². The molecule has 0 saturated heterocycles. The van der Waals surface area contributed by atoms with E-state index in [1.54, 1.807) is 12.1 Å². The number of hydrogen-bond acceptors (Lipinski definition) is 2. The van der Waals surface area contributed by atoms with E-state index in [1.165, 1.54) is 18.2 Å². The van der Waals surface area contributed by atoms with Crippen molar-refractivity contribution in [1.29, 1.82) is 0 Å². The number of amides is 1. The van der Waals surface area contributed by atoms with E-state index in [9.17, 15) is 9.18 Å². The van der Waals surface area contributed by atoms with Crippen LogP contribution in [-0.4, -0.2) is 5.91 Å². The van der Waals surface area contributed by atoms with E-state index in [0.717, 1.165) is 0 Å². The zero-order valence-electron chi connectivity index (χ0n) is 9.45. The lowest BCUT2D eigenvalue weighted by Gasteiger charge is -2.10. The van der Waals surface area contributed by atoms with Crippen molar-refractivity contribution in [3.05, 3.63) is 56.7 Å². The highest BCUT2D eigenvalue weighted by atomic mass is 79.9. The minimum Gasteiger partial charge on any atom is -0.320 e. The molecule has 2 nitrogen and oxygen atoms in total. The van der Waals surface area contributed by atoms with Crippen LogP contribution in [0.2, 0.25) is 0 Å². The Morgan fingerprint density at radius 1 is 1.16 bits per heavy atom. The molecule has 2 aromatic carbocycles. The quantitative estimate of drug-likeness (QED) is 0.685. The molecule has 0 spiro atoms. The van der Waals surface area contributed by atoms with Crippen molar-refractivity contribution >= 4 is 56.1 Å². The average molecular weight is 405 g/mol. The van der Waals surface area contributed by atoms with Gasteiger partial charge in [-0.25, -0.2) is 4.39 Å². The molecule has 98 valence electrons. The molecule has 0 radical (unpaired) electrons. The summed E-state index contributed by atoms with van der Waals surface area (Å²) in [7, 11) is 0. The molecule has 0 bridgehead atoms. The molecule has 1 amide bonds. The third kappa shape index (κ3) is 3.38. The number of nitrogens with one attached hydrogen (secondary N) is 1. The first-order valence-corrected chi connectivity index (χ1v) is 7.26. The third-order valence-electron chi connectivity index (χ3n) is 2.40. The number of para-hydroxylation sites is 1. The van der Waals surface area contributed by atoms with E-state index in [-0.39, 0.29) is 5.56 Å². The number of benzene rings is 2. The molecule has 0 aliphatic carbocycles. The Morgan fingerprint density at radius 3 is 2.42 bits per heavy atom. The van der Waals surface area contributed by atoms with Gasteiger partial charge in [-0.05, 0) is 62.2 Å². The molecule has 1 N–H and O–H groups in total.